The van der Waals surface area contributed by atoms with Crippen molar-refractivity contribution in [2.45, 2.75) is 25.3 Å². The minimum atomic E-state index is 0.425. The summed E-state index contributed by atoms with van der Waals surface area (Å²) in [5.41, 5.74) is 0. The van der Waals surface area contributed by atoms with E-state index in [1.165, 1.54) is 0 Å². The van der Waals surface area contributed by atoms with Gasteiger partial charge in [-0.05, 0) is 43.5 Å². The highest BCUT2D eigenvalue weighted by Crippen LogP contribution is 2.19. The average molecular weight is 398 g/mol. The lowest BCUT2D eigenvalue weighted by molar-refractivity contribution is 0.308. The van der Waals surface area contributed by atoms with Crippen molar-refractivity contribution >= 4 is 11.8 Å². The van der Waals surface area contributed by atoms with E-state index in [2.05, 4.69) is 31.6 Å². The predicted octanol–water partition coefficient (Wildman–Crippen LogP) is 2.69. The van der Waals surface area contributed by atoms with Crippen molar-refractivity contribution in [2.24, 2.45) is 4.99 Å². The molecular formula is C22H31N5O2. The van der Waals surface area contributed by atoms with E-state index in [4.69, 9.17) is 9.47 Å². The van der Waals surface area contributed by atoms with Crippen LogP contribution in [0.4, 0.5) is 5.82 Å². The summed E-state index contributed by atoms with van der Waals surface area (Å²) in [4.78, 5) is 11.1. The monoisotopic (exact) mass is 397 g/mol. The minimum Gasteiger partial charge on any atom is -0.497 e. The lowest BCUT2D eigenvalue weighted by Crippen LogP contribution is -2.49. The van der Waals surface area contributed by atoms with Crippen LogP contribution in [0.15, 0.2) is 53.7 Å². The van der Waals surface area contributed by atoms with Gasteiger partial charge in [0.2, 0.25) is 0 Å². The van der Waals surface area contributed by atoms with E-state index in [0.717, 1.165) is 62.2 Å². The number of hydrogen-bond donors (Lipinski definition) is 2. The normalized spacial score (nSPS) is 15.1. The molecular weight excluding hydrogens is 366 g/mol. The van der Waals surface area contributed by atoms with Crippen LogP contribution in [0.1, 0.15) is 19.3 Å². The molecule has 7 nitrogen and oxygen atoms in total. The largest absolute Gasteiger partial charge is 0.497 e. The molecule has 156 valence electrons. The molecule has 2 N–H and O–H groups in total. The van der Waals surface area contributed by atoms with Crippen molar-refractivity contribution in [1.82, 2.24) is 15.6 Å². The summed E-state index contributed by atoms with van der Waals surface area (Å²) in [5, 5.41) is 6.91. The van der Waals surface area contributed by atoms with Gasteiger partial charge in [0, 0.05) is 45.0 Å². The van der Waals surface area contributed by atoms with Crippen LogP contribution in [-0.4, -0.2) is 57.4 Å². The highest BCUT2D eigenvalue weighted by atomic mass is 16.5. The number of aliphatic imine (C=N–C) groups is 1. The van der Waals surface area contributed by atoms with Gasteiger partial charge in [-0.3, -0.25) is 4.99 Å². The molecule has 29 heavy (non-hydrogen) atoms. The second-order valence-electron chi connectivity index (χ2n) is 6.97. The first-order valence-electron chi connectivity index (χ1n) is 10.2. The lowest BCUT2D eigenvalue weighted by Gasteiger charge is -2.33. The van der Waals surface area contributed by atoms with E-state index < -0.39 is 0 Å². The number of benzene rings is 1. The first-order valence-corrected chi connectivity index (χ1v) is 10.2. The molecule has 1 aromatic heterocycles. The maximum Gasteiger partial charge on any atom is 0.191 e. The quantitative estimate of drug-likeness (QED) is 0.405. The van der Waals surface area contributed by atoms with Crippen molar-refractivity contribution in [3.8, 4) is 11.5 Å². The van der Waals surface area contributed by atoms with Crippen LogP contribution in [0.5, 0.6) is 11.5 Å². The van der Waals surface area contributed by atoms with Gasteiger partial charge in [-0.15, -0.1) is 0 Å². The first-order chi connectivity index (χ1) is 14.3. The maximum atomic E-state index is 5.78. The van der Waals surface area contributed by atoms with Gasteiger partial charge < -0.3 is 25.0 Å². The molecule has 0 bridgehead atoms. The number of piperidine rings is 1. The van der Waals surface area contributed by atoms with Gasteiger partial charge in [0.15, 0.2) is 5.96 Å². The molecule has 2 heterocycles. The Bertz CT molecular complexity index is 761. The van der Waals surface area contributed by atoms with E-state index in [9.17, 15) is 0 Å². The molecule has 1 aromatic carbocycles. The molecule has 0 radical (unpaired) electrons. The number of aromatic nitrogens is 1. The number of nitrogens with zero attached hydrogens (tertiary/aromatic N) is 3. The summed E-state index contributed by atoms with van der Waals surface area (Å²) >= 11 is 0. The maximum absolute atomic E-state index is 5.78. The van der Waals surface area contributed by atoms with Crippen LogP contribution in [0, 0.1) is 0 Å². The van der Waals surface area contributed by atoms with Crippen molar-refractivity contribution in [3.05, 3.63) is 48.7 Å². The molecule has 2 aromatic rings. The number of hydrogen-bond acceptors (Lipinski definition) is 5. The molecule has 0 aliphatic carbocycles. The fourth-order valence-corrected chi connectivity index (χ4v) is 3.34. The second-order valence-corrected chi connectivity index (χ2v) is 6.97. The van der Waals surface area contributed by atoms with Crippen LogP contribution in [0.25, 0.3) is 0 Å². The lowest BCUT2D eigenvalue weighted by atomic mass is 10.1. The summed E-state index contributed by atoms with van der Waals surface area (Å²) in [5.74, 6) is 3.54. The standard InChI is InChI=1S/C22H31N5O2/c1-23-22(25-13-6-16-29-20-8-5-7-19(17-20)28-2)26-18-10-14-27(15-11-18)21-9-3-4-12-24-21/h3-5,7-9,12,17-18H,6,10-11,13-16H2,1-2H3,(H2,23,25,26). The number of pyridine rings is 1. The minimum absolute atomic E-state index is 0.425. The van der Waals surface area contributed by atoms with Crippen LogP contribution in [-0.2, 0) is 0 Å². The van der Waals surface area contributed by atoms with E-state index in [1.54, 1.807) is 7.11 Å². The highest BCUT2D eigenvalue weighted by molar-refractivity contribution is 5.79. The highest BCUT2D eigenvalue weighted by Gasteiger charge is 2.20. The molecule has 3 rings (SSSR count). The third-order valence-electron chi connectivity index (χ3n) is 4.96. The number of guanidine groups is 1. The zero-order valence-corrected chi connectivity index (χ0v) is 17.3. The van der Waals surface area contributed by atoms with Crippen LogP contribution < -0.4 is 25.0 Å². The molecule has 0 unspecified atom stereocenters. The summed E-state index contributed by atoms with van der Waals surface area (Å²) < 4.78 is 11.0. The Morgan fingerprint density at radius 1 is 1.17 bits per heavy atom. The first kappa shape index (κ1) is 20.8. The Kier molecular flexibility index (Phi) is 7.98. The molecule has 1 fully saturated rings. The van der Waals surface area contributed by atoms with Crippen molar-refractivity contribution in [1.29, 1.82) is 0 Å². The Hall–Kier alpha value is -2.96. The summed E-state index contributed by atoms with van der Waals surface area (Å²) in [6.07, 6.45) is 4.87. The Labute approximate surface area is 173 Å². The Balaban J connectivity index is 1.32. The Morgan fingerprint density at radius 2 is 2.00 bits per heavy atom. The molecule has 1 saturated heterocycles. The number of ether oxygens (including phenoxy) is 2. The van der Waals surface area contributed by atoms with Gasteiger partial charge >= 0.3 is 0 Å². The molecule has 1 aliphatic rings. The van der Waals surface area contributed by atoms with E-state index in [1.807, 2.05) is 49.6 Å². The van der Waals surface area contributed by atoms with Crippen LogP contribution in [0.2, 0.25) is 0 Å². The van der Waals surface area contributed by atoms with Crippen LogP contribution >= 0.6 is 0 Å². The average Bonchev–Trinajstić information content (AvgIpc) is 2.79. The van der Waals surface area contributed by atoms with Crippen molar-refractivity contribution in [3.63, 3.8) is 0 Å². The zero-order chi connectivity index (χ0) is 20.3. The Morgan fingerprint density at radius 3 is 2.72 bits per heavy atom. The number of nitrogens with one attached hydrogen (secondary N) is 2. The summed E-state index contributed by atoms with van der Waals surface area (Å²) in [6.45, 7) is 3.44. The topological polar surface area (TPSA) is 71.0 Å². The number of rotatable bonds is 8. The van der Waals surface area contributed by atoms with Gasteiger partial charge in [-0.25, -0.2) is 4.98 Å². The molecule has 0 atom stereocenters. The van der Waals surface area contributed by atoms with Crippen molar-refractivity contribution in [2.75, 3.05) is 45.3 Å². The predicted molar refractivity (Wildman–Crippen MR) is 117 cm³/mol. The molecule has 0 spiro atoms. The van der Waals surface area contributed by atoms with E-state index >= 15 is 0 Å². The fraction of sp³-hybridized carbons (Fsp3) is 0.455. The fourth-order valence-electron chi connectivity index (χ4n) is 3.34. The third-order valence-corrected chi connectivity index (χ3v) is 4.96. The molecule has 1 aliphatic heterocycles. The molecule has 7 heteroatoms. The van der Waals surface area contributed by atoms with Gasteiger partial charge in [-0.2, -0.15) is 0 Å². The van der Waals surface area contributed by atoms with E-state index in [-0.39, 0.29) is 0 Å². The van der Waals surface area contributed by atoms with Gasteiger partial charge in [0.1, 0.15) is 17.3 Å². The second kappa shape index (κ2) is 11.1. The number of methoxy groups -OCH3 is 1. The summed E-state index contributed by atoms with van der Waals surface area (Å²) in [7, 11) is 3.47. The smallest absolute Gasteiger partial charge is 0.191 e. The SMILES string of the molecule is CN=C(NCCCOc1cccc(OC)c1)NC1CCN(c2ccccn2)CC1. The third kappa shape index (κ3) is 6.55. The zero-order valence-electron chi connectivity index (χ0n) is 17.3. The van der Waals surface area contributed by atoms with E-state index in [0.29, 0.717) is 12.6 Å². The van der Waals surface area contributed by atoms with Gasteiger partial charge in [-0.1, -0.05) is 12.1 Å². The van der Waals surface area contributed by atoms with Gasteiger partial charge in [0.05, 0.1) is 13.7 Å². The number of anilines is 1. The van der Waals surface area contributed by atoms with Crippen LogP contribution in [0.3, 0.4) is 0 Å². The van der Waals surface area contributed by atoms with Gasteiger partial charge in [0.25, 0.3) is 0 Å². The van der Waals surface area contributed by atoms with Crippen molar-refractivity contribution < 1.29 is 9.47 Å². The molecule has 0 saturated carbocycles. The molecule has 0 amide bonds. The summed E-state index contributed by atoms with van der Waals surface area (Å²) in [6, 6.07) is 14.2.